The summed E-state index contributed by atoms with van der Waals surface area (Å²) >= 11 is 0. The van der Waals surface area contributed by atoms with Gasteiger partial charge in [-0.3, -0.25) is 0 Å². The molecule has 0 aromatic carbocycles. The van der Waals surface area contributed by atoms with Crippen LogP contribution < -0.4 is 0 Å². The van der Waals surface area contributed by atoms with Crippen molar-refractivity contribution < 1.29 is 0 Å². The largest absolute Gasteiger partial charge is 0 e. The van der Waals surface area contributed by atoms with Gasteiger partial charge in [-0.25, -0.2) is 0 Å². The van der Waals surface area contributed by atoms with E-state index >= 15 is 0 Å². The molecule has 0 fully saturated rings. The topological polar surface area (TPSA) is 0 Å². The molecule has 0 saturated heterocycles. The zero-order valence-corrected chi connectivity index (χ0v) is 20.1. The van der Waals surface area contributed by atoms with Crippen LogP contribution in [0.4, 0.5) is 0 Å². The molecule has 8 radical (unpaired) electrons. The van der Waals surface area contributed by atoms with Crippen LogP contribution in [0.2, 0.25) is 0 Å². The molecule has 7 heteroatoms. The van der Waals surface area contributed by atoms with Crippen LogP contribution in [-0.4, -0.2) is 200 Å². The summed E-state index contributed by atoms with van der Waals surface area (Å²) < 4.78 is 0. The van der Waals surface area contributed by atoms with E-state index in [2.05, 4.69) is 0 Å². The van der Waals surface area contributed by atoms with Gasteiger partial charge in [0.05, 0.1) is 0 Å². The fourth-order valence-corrected chi connectivity index (χ4v) is 0. The van der Waals surface area contributed by atoms with Gasteiger partial charge in [-0.2, -0.15) is 0 Å². The van der Waals surface area contributed by atoms with Gasteiger partial charge in [0.1, 0.15) is 0 Å². The van der Waals surface area contributed by atoms with Crippen molar-refractivity contribution in [2.24, 2.45) is 0 Å². The molecule has 0 spiro atoms. The molecule has 0 rings (SSSR count). The van der Waals surface area contributed by atoms with Gasteiger partial charge in [-0.1, -0.05) is 0 Å². The molecule has 0 nitrogen and oxygen atoms in total. The molecule has 0 aliphatic heterocycles. The summed E-state index contributed by atoms with van der Waals surface area (Å²) in [6, 6.07) is 0. The van der Waals surface area contributed by atoms with Crippen LogP contribution in [0.25, 0.3) is 0 Å². The van der Waals surface area contributed by atoms with Crippen LogP contribution in [0.1, 0.15) is 0 Å². The quantitative estimate of drug-likeness (QED) is 0.341. The van der Waals surface area contributed by atoms with Crippen LogP contribution in [0.3, 0.4) is 0 Å². The second-order valence-electron chi connectivity index (χ2n) is 0. The van der Waals surface area contributed by atoms with E-state index in [4.69, 9.17) is 0 Å². The predicted octanol–water partition coefficient (Wildman–Crippen LogP) is -2.67. The molecule has 0 N–H and O–H groups in total. The van der Waals surface area contributed by atoms with Crippen LogP contribution in [0.5, 0.6) is 0 Å². The van der Waals surface area contributed by atoms with E-state index in [1.54, 1.807) is 0 Å². The van der Waals surface area contributed by atoms with E-state index in [9.17, 15) is 0 Å². The van der Waals surface area contributed by atoms with Gasteiger partial charge >= 0.3 is 0 Å². The molecule has 7 heavy (non-hydrogen) atoms. The molecular formula is MgNa6. The molecule has 0 amide bonds. The SMILES string of the molecule is [Mg].[Na].[Na].[Na].[Na].[Na].[Na]. The summed E-state index contributed by atoms with van der Waals surface area (Å²) in [5, 5.41) is 0. The standard InChI is InChI=1S/Mg.6Na. The summed E-state index contributed by atoms with van der Waals surface area (Å²) in [6.45, 7) is 0. The summed E-state index contributed by atoms with van der Waals surface area (Å²) in [5.74, 6) is 0. The second kappa shape index (κ2) is 38.6. The summed E-state index contributed by atoms with van der Waals surface area (Å²) in [5.41, 5.74) is 0. The maximum atomic E-state index is 0. The first-order chi connectivity index (χ1) is 0. The molecule has 0 aromatic heterocycles. The minimum Gasteiger partial charge on any atom is 0 e. The third-order valence-corrected chi connectivity index (χ3v) is 0. The third kappa shape index (κ3) is 32.3. The number of rotatable bonds is 0. The minimum absolute atomic E-state index is 0. The smallest absolute Gasteiger partial charge is 0 e. The molecule has 8 valence electrons. The van der Waals surface area contributed by atoms with Crippen molar-refractivity contribution >= 4 is 200 Å². The first-order valence-corrected chi connectivity index (χ1v) is 0. The molecule has 0 unspecified atom stereocenters. The van der Waals surface area contributed by atoms with E-state index in [1.165, 1.54) is 0 Å². The van der Waals surface area contributed by atoms with Gasteiger partial charge in [0, 0.05) is 200 Å². The van der Waals surface area contributed by atoms with Crippen molar-refractivity contribution in [3.8, 4) is 0 Å². The second-order valence-corrected chi connectivity index (χ2v) is 0. The van der Waals surface area contributed by atoms with Gasteiger partial charge < -0.3 is 0 Å². The fraction of sp³-hybridized carbons (Fsp3) is 0. The number of hydrogen-bond acceptors (Lipinski definition) is 0. The van der Waals surface area contributed by atoms with Crippen molar-refractivity contribution in [2.75, 3.05) is 0 Å². The van der Waals surface area contributed by atoms with Crippen LogP contribution >= 0.6 is 0 Å². The van der Waals surface area contributed by atoms with E-state index < -0.39 is 0 Å². The van der Waals surface area contributed by atoms with Crippen molar-refractivity contribution in [3.63, 3.8) is 0 Å². The maximum Gasteiger partial charge on any atom is 0 e. The Labute approximate surface area is 194 Å². The van der Waals surface area contributed by atoms with Crippen molar-refractivity contribution in [1.29, 1.82) is 0 Å². The monoisotopic (exact) mass is 162 g/mol. The minimum atomic E-state index is 0. The molecule has 0 saturated carbocycles. The molecule has 0 aliphatic carbocycles. The van der Waals surface area contributed by atoms with E-state index in [0.717, 1.165) is 0 Å². The Morgan fingerprint density at radius 2 is 0.286 bits per heavy atom. The van der Waals surface area contributed by atoms with Crippen molar-refractivity contribution in [1.82, 2.24) is 0 Å². The molecule has 0 heterocycles. The van der Waals surface area contributed by atoms with Crippen molar-refractivity contribution in [2.45, 2.75) is 0 Å². The van der Waals surface area contributed by atoms with Gasteiger partial charge in [0.15, 0.2) is 0 Å². The summed E-state index contributed by atoms with van der Waals surface area (Å²) in [7, 11) is 0. The van der Waals surface area contributed by atoms with Crippen LogP contribution in [-0.2, 0) is 0 Å². The molecular weight excluding hydrogens is 162 g/mol. The van der Waals surface area contributed by atoms with Gasteiger partial charge in [0.25, 0.3) is 0 Å². The van der Waals surface area contributed by atoms with Crippen LogP contribution in [0, 0.1) is 0 Å². The van der Waals surface area contributed by atoms with Gasteiger partial charge in [-0.05, 0) is 0 Å². The zero-order chi connectivity index (χ0) is 0. The Morgan fingerprint density at radius 3 is 0.286 bits per heavy atom. The Bertz CT molecular complexity index is 4.14. The Balaban J connectivity index is 0. The third-order valence-electron chi connectivity index (χ3n) is 0. The molecule has 0 atom stereocenters. The normalized spacial score (nSPS) is 0. The first-order valence-electron chi connectivity index (χ1n) is 0. The fourth-order valence-electron chi connectivity index (χ4n) is 0. The summed E-state index contributed by atoms with van der Waals surface area (Å²) in [4.78, 5) is 0. The van der Waals surface area contributed by atoms with Crippen molar-refractivity contribution in [3.05, 3.63) is 0 Å². The average Bonchev–Trinajstić information content (AvgIpc) is 0. The molecule has 0 bridgehead atoms. The molecule has 0 aliphatic rings. The van der Waals surface area contributed by atoms with E-state index in [-0.39, 0.29) is 200 Å². The van der Waals surface area contributed by atoms with Gasteiger partial charge in [0.2, 0.25) is 0 Å². The Morgan fingerprint density at radius 1 is 0.286 bits per heavy atom. The predicted molar refractivity (Wildman–Crippen MR) is 40.3 cm³/mol. The average molecular weight is 162 g/mol. The van der Waals surface area contributed by atoms with E-state index in [1.807, 2.05) is 0 Å². The van der Waals surface area contributed by atoms with E-state index in [0.29, 0.717) is 0 Å². The zero-order valence-electron chi connectivity index (χ0n) is 6.71. The first kappa shape index (κ1) is 49.0. The Kier molecular flexibility index (Phi) is 270. The molecule has 0 aromatic rings. The number of hydrogen-bond donors (Lipinski definition) is 0. The summed E-state index contributed by atoms with van der Waals surface area (Å²) in [6.07, 6.45) is 0. The Hall–Kier alpha value is 6.77. The maximum absolute atomic E-state index is 0. The van der Waals surface area contributed by atoms with Gasteiger partial charge in [-0.15, -0.1) is 0 Å². The van der Waals surface area contributed by atoms with Crippen LogP contribution in [0.15, 0.2) is 0 Å².